The van der Waals surface area contributed by atoms with E-state index in [4.69, 9.17) is 4.74 Å². The van der Waals surface area contributed by atoms with Crippen LogP contribution < -0.4 is 4.74 Å². The van der Waals surface area contributed by atoms with Crippen LogP contribution >= 0.6 is 0 Å². The SMILES string of the molecule is O=C(OF)c1ccc(CCOc2cccc(O)c2)cc1. The molecule has 1 N–H and O–H groups in total. The van der Waals surface area contributed by atoms with Crippen LogP contribution in [0, 0.1) is 0 Å². The molecule has 0 aromatic heterocycles. The summed E-state index contributed by atoms with van der Waals surface area (Å²) in [4.78, 5) is 14.0. The first-order chi connectivity index (χ1) is 9.69. The fourth-order valence-corrected chi connectivity index (χ4v) is 1.71. The number of aromatic hydroxyl groups is 1. The number of halogens is 1. The summed E-state index contributed by atoms with van der Waals surface area (Å²) in [6.07, 6.45) is 0.626. The second-order valence-corrected chi connectivity index (χ2v) is 4.16. The van der Waals surface area contributed by atoms with E-state index < -0.39 is 5.97 Å². The highest BCUT2D eigenvalue weighted by atomic mass is 19.3. The van der Waals surface area contributed by atoms with Crippen molar-refractivity contribution in [2.24, 2.45) is 0 Å². The molecule has 0 heterocycles. The molecule has 0 amide bonds. The maximum absolute atomic E-state index is 11.7. The van der Waals surface area contributed by atoms with E-state index in [1.54, 1.807) is 30.3 Å². The van der Waals surface area contributed by atoms with Gasteiger partial charge in [-0.15, -0.1) is 0 Å². The number of rotatable bonds is 5. The van der Waals surface area contributed by atoms with Crippen LogP contribution in [0.5, 0.6) is 11.5 Å². The molecule has 0 spiro atoms. The zero-order chi connectivity index (χ0) is 14.4. The van der Waals surface area contributed by atoms with Gasteiger partial charge in [0, 0.05) is 17.0 Å². The molecule has 0 aliphatic rings. The standard InChI is InChI=1S/C15H13FO4/c16-20-15(18)12-6-4-11(5-7-12)8-9-19-14-3-1-2-13(17)10-14/h1-7,10,17H,8-9H2. The second kappa shape index (κ2) is 6.56. The highest BCUT2D eigenvalue weighted by molar-refractivity contribution is 5.88. The first-order valence-corrected chi connectivity index (χ1v) is 6.03. The molecule has 0 aliphatic heterocycles. The lowest BCUT2D eigenvalue weighted by Gasteiger charge is -2.06. The minimum atomic E-state index is -1.01. The van der Waals surface area contributed by atoms with Crippen molar-refractivity contribution in [3.05, 3.63) is 59.7 Å². The number of phenolic OH excluding ortho intramolecular Hbond substituents is 1. The molecule has 5 heteroatoms. The Hall–Kier alpha value is -2.56. The Morgan fingerprint density at radius 1 is 1.15 bits per heavy atom. The predicted octanol–water partition coefficient (Wildman–Crippen LogP) is 3.06. The van der Waals surface area contributed by atoms with E-state index >= 15 is 0 Å². The Morgan fingerprint density at radius 3 is 2.55 bits per heavy atom. The van der Waals surface area contributed by atoms with Crippen molar-refractivity contribution in [1.29, 1.82) is 0 Å². The summed E-state index contributed by atoms with van der Waals surface area (Å²) in [6, 6.07) is 12.9. The smallest absolute Gasteiger partial charge is 0.379 e. The molecular weight excluding hydrogens is 263 g/mol. The number of hydrogen-bond donors (Lipinski definition) is 1. The van der Waals surface area contributed by atoms with E-state index in [1.165, 1.54) is 18.2 Å². The van der Waals surface area contributed by atoms with E-state index in [0.29, 0.717) is 18.8 Å². The van der Waals surface area contributed by atoms with E-state index in [0.717, 1.165) is 5.56 Å². The Balaban J connectivity index is 1.86. The van der Waals surface area contributed by atoms with Gasteiger partial charge in [0.1, 0.15) is 11.5 Å². The molecule has 0 unspecified atom stereocenters. The molecule has 0 aliphatic carbocycles. The molecule has 0 saturated carbocycles. The molecule has 0 bridgehead atoms. The number of hydrogen-bond acceptors (Lipinski definition) is 4. The van der Waals surface area contributed by atoms with Gasteiger partial charge in [0.05, 0.1) is 12.2 Å². The summed E-state index contributed by atoms with van der Waals surface area (Å²) >= 11 is 0. The zero-order valence-electron chi connectivity index (χ0n) is 10.6. The van der Waals surface area contributed by atoms with E-state index in [9.17, 15) is 14.4 Å². The minimum Gasteiger partial charge on any atom is -0.508 e. The van der Waals surface area contributed by atoms with Crippen molar-refractivity contribution in [1.82, 2.24) is 0 Å². The largest absolute Gasteiger partial charge is 0.508 e. The Morgan fingerprint density at radius 2 is 1.90 bits per heavy atom. The van der Waals surface area contributed by atoms with Crippen molar-refractivity contribution in [3.63, 3.8) is 0 Å². The van der Waals surface area contributed by atoms with E-state index in [-0.39, 0.29) is 11.3 Å². The topological polar surface area (TPSA) is 55.8 Å². The van der Waals surface area contributed by atoms with Crippen molar-refractivity contribution in [2.45, 2.75) is 6.42 Å². The lowest BCUT2D eigenvalue weighted by molar-refractivity contribution is -0.0788. The average molecular weight is 276 g/mol. The third-order valence-electron chi connectivity index (χ3n) is 2.74. The van der Waals surface area contributed by atoms with Crippen molar-refractivity contribution in [2.75, 3.05) is 6.61 Å². The molecule has 104 valence electrons. The maximum Gasteiger partial charge on any atom is 0.379 e. The maximum atomic E-state index is 11.7. The molecule has 0 fully saturated rings. The molecule has 0 saturated heterocycles. The summed E-state index contributed by atoms with van der Waals surface area (Å²) in [7, 11) is 0. The van der Waals surface area contributed by atoms with Crippen LogP contribution in [0.15, 0.2) is 48.5 Å². The van der Waals surface area contributed by atoms with E-state index in [1.807, 2.05) is 0 Å². The van der Waals surface area contributed by atoms with Gasteiger partial charge < -0.3 is 9.84 Å². The summed E-state index contributed by atoms with van der Waals surface area (Å²) in [6.45, 7) is 0.427. The van der Waals surface area contributed by atoms with Crippen LogP contribution in [0.2, 0.25) is 0 Å². The molecule has 20 heavy (non-hydrogen) atoms. The number of benzene rings is 2. The van der Waals surface area contributed by atoms with Gasteiger partial charge in [-0.25, -0.2) is 9.74 Å². The lowest BCUT2D eigenvalue weighted by Crippen LogP contribution is -2.02. The monoisotopic (exact) mass is 276 g/mol. The average Bonchev–Trinajstić information content (AvgIpc) is 2.47. The van der Waals surface area contributed by atoms with Gasteiger partial charge in [-0.05, 0) is 29.8 Å². The molecule has 0 atom stereocenters. The molecule has 2 aromatic rings. The molecular formula is C15H13FO4. The van der Waals surface area contributed by atoms with Gasteiger partial charge in [-0.1, -0.05) is 18.2 Å². The Labute approximate surface area is 115 Å². The first-order valence-electron chi connectivity index (χ1n) is 6.03. The van der Waals surface area contributed by atoms with Gasteiger partial charge in [-0.2, -0.15) is 0 Å². The highest BCUT2D eigenvalue weighted by Crippen LogP contribution is 2.18. The fraction of sp³-hybridized carbons (Fsp3) is 0.133. The van der Waals surface area contributed by atoms with Gasteiger partial charge in [0.2, 0.25) is 0 Å². The summed E-state index contributed by atoms with van der Waals surface area (Å²) in [5, 5.41) is 9.28. The number of carbonyl (C=O) groups excluding carboxylic acids is 1. The van der Waals surface area contributed by atoms with Gasteiger partial charge in [0.15, 0.2) is 0 Å². The van der Waals surface area contributed by atoms with Gasteiger partial charge in [-0.3, -0.25) is 0 Å². The molecule has 2 aromatic carbocycles. The third kappa shape index (κ3) is 3.71. The van der Waals surface area contributed by atoms with Crippen LogP contribution in [0.4, 0.5) is 4.53 Å². The van der Waals surface area contributed by atoms with Crippen LogP contribution in [0.3, 0.4) is 0 Å². The number of ether oxygens (including phenoxy) is 1. The number of phenols is 1. The van der Waals surface area contributed by atoms with Crippen molar-refractivity contribution < 1.29 is 24.1 Å². The predicted molar refractivity (Wildman–Crippen MR) is 70.3 cm³/mol. The first kappa shape index (κ1) is 13.9. The van der Waals surface area contributed by atoms with E-state index in [2.05, 4.69) is 4.94 Å². The van der Waals surface area contributed by atoms with Gasteiger partial charge in [0.25, 0.3) is 0 Å². The van der Waals surface area contributed by atoms with Crippen LogP contribution in [-0.2, 0) is 11.4 Å². The lowest BCUT2D eigenvalue weighted by atomic mass is 10.1. The Kier molecular flexibility index (Phi) is 4.55. The summed E-state index contributed by atoms with van der Waals surface area (Å²) in [5.41, 5.74) is 1.10. The van der Waals surface area contributed by atoms with Crippen molar-refractivity contribution in [3.8, 4) is 11.5 Å². The Bertz CT molecular complexity index is 581. The minimum absolute atomic E-state index is 0.150. The highest BCUT2D eigenvalue weighted by Gasteiger charge is 2.06. The molecule has 0 radical (unpaired) electrons. The molecule has 2 rings (SSSR count). The second-order valence-electron chi connectivity index (χ2n) is 4.16. The fourth-order valence-electron chi connectivity index (χ4n) is 1.71. The molecule has 4 nitrogen and oxygen atoms in total. The van der Waals surface area contributed by atoms with Crippen LogP contribution in [-0.4, -0.2) is 17.7 Å². The summed E-state index contributed by atoms with van der Waals surface area (Å²) < 4.78 is 17.2. The van der Waals surface area contributed by atoms with Crippen molar-refractivity contribution >= 4 is 5.97 Å². The third-order valence-corrected chi connectivity index (χ3v) is 2.74. The quantitative estimate of drug-likeness (QED) is 0.911. The van der Waals surface area contributed by atoms with Crippen LogP contribution in [0.1, 0.15) is 15.9 Å². The normalized spacial score (nSPS) is 10.1. The van der Waals surface area contributed by atoms with Gasteiger partial charge >= 0.3 is 5.97 Å². The summed E-state index contributed by atoms with van der Waals surface area (Å²) in [5.74, 6) is -0.272. The zero-order valence-corrected chi connectivity index (χ0v) is 10.6. The number of carbonyl (C=O) groups is 1. The van der Waals surface area contributed by atoms with Crippen LogP contribution in [0.25, 0.3) is 0 Å².